The molecule has 1 aliphatic carbocycles. The van der Waals surface area contributed by atoms with Crippen molar-refractivity contribution in [3.05, 3.63) is 29.8 Å². The minimum absolute atomic E-state index is 0.233. The van der Waals surface area contributed by atoms with Crippen molar-refractivity contribution >= 4 is 10.0 Å². The molecule has 1 aromatic rings. The number of aliphatic hydroxyl groups is 1. The van der Waals surface area contributed by atoms with Gasteiger partial charge in [-0.25, -0.2) is 21.9 Å². The number of hydrogen-bond donors (Lipinski definition) is 2. The van der Waals surface area contributed by atoms with E-state index < -0.39 is 32.2 Å². The maximum atomic E-state index is 13.3. The molecule has 0 aromatic heterocycles. The lowest BCUT2D eigenvalue weighted by Crippen LogP contribution is -2.47. The molecule has 18 heavy (non-hydrogen) atoms. The number of sulfonamides is 1. The van der Waals surface area contributed by atoms with Gasteiger partial charge in [0.15, 0.2) is 4.90 Å². The van der Waals surface area contributed by atoms with Crippen LogP contribution in [0.3, 0.4) is 0 Å². The molecule has 2 N–H and O–H groups in total. The molecule has 0 aliphatic heterocycles. The number of benzene rings is 1. The zero-order valence-electron chi connectivity index (χ0n) is 9.49. The van der Waals surface area contributed by atoms with E-state index in [-0.39, 0.29) is 6.54 Å². The first-order valence-electron chi connectivity index (χ1n) is 5.50. The van der Waals surface area contributed by atoms with E-state index in [2.05, 4.69) is 0 Å². The highest BCUT2D eigenvalue weighted by molar-refractivity contribution is 7.89. The van der Waals surface area contributed by atoms with Crippen molar-refractivity contribution in [2.75, 3.05) is 6.54 Å². The molecule has 0 heterocycles. The van der Waals surface area contributed by atoms with Crippen LogP contribution >= 0.6 is 0 Å². The molecule has 0 saturated heterocycles. The molecule has 2 rings (SSSR count). The van der Waals surface area contributed by atoms with Crippen LogP contribution in [0.2, 0.25) is 0 Å². The van der Waals surface area contributed by atoms with Crippen LogP contribution in [0.25, 0.3) is 0 Å². The van der Waals surface area contributed by atoms with Crippen molar-refractivity contribution in [1.29, 1.82) is 0 Å². The fraction of sp³-hybridized carbons (Fsp3) is 0.455. The molecule has 1 saturated carbocycles. The fourth-order valence-corrected chi connectivity index (χ4v) is 3.05. The lowest BCUT2D eigenvalue weighted by Gasteiger charge is -2.36. The van der Waals surface area contributed by atoms with Crippen molar-refractivity contribution in [3.63, 3.8) is 0 Å². The number of hydrogen-bond acceptors (Lipinski definition) is 3. The van der Waals surface area contributed by atoms with Gasteiger partial charge >= 0.3 is 0 Å². The third kappa shape index (κ3) is 2.52. The summed E-state index contributed by atoms with van der Waals surface area (Å²) >= 11 is 0. The Balaban J connectivity index is 2.20. The molecule has 7 heteroatoms. The Morgan fingerprint density at radius 2 is 1.83 bits per heavy atom. The third-order valence-corrected chi connectivity index (χ3v) is 4.52. The number of nitrogens with one attached hydrogen (secondary N) is 1. The maximum absolute atomic E-state index is 13.3. The predicted molar refractivity (Wildman–Crippen MR) is 60.3 cm³/mol. The second-order valence-corrected chi connectivity index (χ2v) is 6.16. The van der Waals surface area contributed by atoms with Crippen LogP contribution in [0.1, 0.15) is 19.3 Å². The highest BCUT2D eigenvalue weighted by Crippen LogP contribution is 2.31. The van der Waals surface area contributed by atoms with E-state index in [1.165, 1.54) is 0 Å². The Morgan fingerprint density at radius 1 is 1.28 bits per heavy atom. The zero-order chi connectivity index (χ0) is 13.4. The van der Waals surface area contributed by atoms with Gasteiger partial charge < -0.3 is 5.11 Å². The maximum Gasteiger partial charge on any atom is 0.246 e. The van der Waals surface area contributed by atoms with Crippen LogP contribution in [-0.2, 0) is 10.0 Å². The zero-order valence-corrected chi connectivity index (χ0v) is 10.3. The average Bonchev–Trinajstić information content (AvgIpc) is 2.23. The highest BCUT2D eigenvalue weighted by atomic mass is 32.2. The summed E-state index contributed by atoms with van der Waals surface area (Å²) in [6.45, 7) is -0.233. The Labute approximate surface area is 104 Å². The minimum Gasteiger partial charge on any atom is -0.389 e. The first-order valence-corrected chi connectivity index (χ1v) is 6.98. The summed E-state index contributed by atoms with van der Waals surface area (Å²) in [7, 11) is -4.29. The smallest absolute Gasteiger partial charge is 0.246 e. The van der Waals surface area contributed by atoms with E-state index in [4.69, 9.17) is 0 Å². The van der Waals surface area contributed by atoms with Crippen LogP contribution in [0.4, 0.5) is 8.78 Å². The van der Waals surface area contributed by atoms with Crippen LogP contribution in [0, 0.1) is 11.6 Å². The molecule has 1 fully saturated rings. The van der Waals surface area contributed by atoms with Crippen molar-refractivity contribution in [2.24, 2.45) is 0 Å². The van der Waals surface area contributed by atoms with Crippen molar-refractivity contribution < 1.29 is 22.3 Å². The van der Waals surface area contributed by atoms with Gasteiger partial charge in [0.25, 0.3) is 0 Å². The predicted octanol–water partition coefficient (Wildman–Crippen LogP) is 1.16. The van der Waals surface area contributed by atoms with Crippen LogP contribution in [0.5, 0.6) is 0 Å². The summed E-state index contributed by atoms with van der Waals surface area (Å²) in [5.74, 6) is -2.30. The second kappa shape index (κ2) is 4.56. The topological polar surface area (TPSA) is 66.4 Å². The first-order chi connectivity index (χ1) is 8.34. The van der Waals surface area contributed by atoms with E-state index >= 15 is 0 Å². The SMILES string of the molecule is O=S(=O)(NCC1(O)CCC1)c1c(F)cccc1F. The molecule has 0 spiro atoms. The van der Waals surface area contributed by atoms with Crippen molar-refractivity contribution in [1.82, 2.24) is 4.72 Å². The van der Waals surface area contributed by atoms with Gasteiger partial charge in [0.1, 0.15) is 11.6 Å². The Hall–Kier alpha value is -1.05. The van der Waals surface area contributed by atoms with Gasteiger partial charge in [-0.15, -0.1) is 0 Å². The normalized spacial score (nSPS) is 18.4. The lowest BCUT2D eigenvalue weighted by atomic mass is 9.81. The summed E-state index contributed by atoms with van der Waals surface area (Å²) in [6.07, 6.45) is 1.77. The highest BCUT2D eigenvalue weighted by Gasteiger charge is 2.36. The molecule has 1 aliphatic rings. The molecule has 0 bridgehead atoms. The summed E-state index contributed by atoms with van der Waals surface area (Å²) in [6, 6.07) is 2.83. The summed E-state index contributed by atoms with van der Waals surface area (Å²) in [4.78, 5) is -1.01. The number of halogens is 2. The monoisotopic (exact) mass is 277 g/mol. The molecule has 100 valence electrons. The Kier molecular flexibility index (Phi) is 3.39. The van der Waals surface area contributed by atoms with Crippen LogP contribution in [-0.4, -0.2) is 25.7 Å². The third-order valence-electron chi connectivity index (χ3n) is 3.06. The van der Waals surface area contributed by atoms with Crippen molar-refractivity contribution in [3.8, 4) is 0 Å². The van der Waals surface area contributed by atoms with Gasteiger partial charge in [-0.2, -0.15) is 0 Å². The van der Waals surface area contributed by atoms with E-state index in [0.717, 1.165) is 24.6 Å². The quantitative estimate of drug-likeness (QED) is 0.868. The molecular formula is C11H13F2NO3S. The molecule has 0 atom stereocenters. The summed E-state index contributed by atoms with van der Waals surface area (Å²) in [5.41, 5.74) is -1.09. The lowest BCUT2D eigenvalue weighted by molar-refractivity contribution is -0.0271. The van der Waals surface area contributed by atoms with Gasteiger partial charge in [-0.3, -0.25) is 0 Å². The molecular weight excluding hydrogens is 264 g/mol. The average molecular weight is 277 g/mol. The minimum atomic E-state index is -4.29. The standard InChI is InChI=1S/C11H13F2NO3S/c12-8-3-1-4-9(13)10(8)18(16,17)14-7-11(15)5-2-6-11/h1,3-4,14-15H,2,5-7H2. The molecule has 0 amide bonds. The van der Waals surface area contributed by atoms with E-state index in [1.54, 1.807) is 0 Å². The fourth-order valence-electron chi connectivity index (χ4n) is 1.80. The number of rotatable bonds is 4. The molecule has 1 aromatic carbocycles. The van der Waals surface area contributed by atoms with Crippen molar-refractivity contribution in [2.45, 2.75) is 29.8 Å². The van der Waals surface area contributed by atoms with Gasteiger partial charge in [-0.05, 0) is 31.4 Å². The van der Waals surface area contributed by atoms with Crippen LogP contribution in [0.15, 0.2) is 23.1 Å². The Morgan fingerprint density at radius 3 is 2.28 bits per heavy atom. The summed E-state index contributed by atoms with van der Waals surface area (Å²) in [5, 5.41) is 9.74. The van der Waals surface area contributed by atoms with Gasteiger partial charge in [0.2, 0.25) is 10.0 Å². The molecule has 0 unspecified atom stereocenters. The summed E-state index contributed by atoms with van der Waals surface area (Å²) < 4.78 is 52.2. The largest absolute Gasteiger partial charge is 0.389 e. The second-order valence-electron chi connectivity index (χ2n) is 4.45. The van der Waals surface area contributed by atoms with Gasteiger partial charge in [-0.1, -0.05) is 6.07 Å². The van der Waals surface area contributed by atoms with E-state index in [1.807, 2.05) is 4.72 Å². The van der Waals surface area contributed by atoms with Gasteiger partial charge in [0.05, 0.1) is 5.60 Å². The van der Waals surface area contributed by atoms with E-state index in [9.17, 15) is 22.3 Å². The Bertz CT molecular complexity index is 535. The molecule has 0 radical (unpaired) electrons. The molecule has 4 nitrogen and oxygen atoms in total. The first kappa shape index (κ1) is 13.4. The van der Waals surface area contributed by atoms with E-state index in [0.29, 0.717) is 12.8 Å². The van der Waals surface area contributed by atoms with Crippen LogP contribution < -0.4 is 4.72 Å². The van der Waals surface area contributed by atoms with Gasteiger partial charge in [0, 0.05) is 6.54 Å².